The Morgan fingerprint density at radius 1 is 0.833 bits per heavy atom. The molecule has 0 saturated heterocycles. The summed E-state index contributed by atoms with van der Waals surface area (Å²) in [5, 5.41) is 6.68. The highest BCUT2D eigenvalue weighted by Crippen LogP contribution is 2.24. The predicted molar refractivity (Wildman–Crippen MR) is 123 cm³/mol. The normalized spacial score (nSPS) is 10.5. The van der Waals surface area contributed by atoms with Crippen LogP contribution >= 0.6 is 0 Å². The van der Waals surface area contributed by atoms with Crippen molar-refractivity contribution in [1.82, 2.24) is 15.0 Å². The van der Waals surface area contributed by atoms with Crippen LogP contribution in [0, 0.1) is 0 Å². The molecule has 0 bridgehead atoms. The van der Waals surface area contributed by atoms with Gasteiger partial charge in [0.2, 0.25) is 5.95 Å². The zero-order valence-electron chi connectivity index (χ0n) is 17.1. The lowest BCUT2D eigenvalue weighted by atomic mass is 10.1. The van der Waals surface area contributed by atoms with Gasteiger partial charge in [0.1, 0.15) is 5.82 Å². The number of nitrogens with zero attached hydrogens (tertiary/aromatic N) is 4. The van der Waals surface area contributed by atoms with Crippen molar-refractivity contribution in [3.63, 3.8) is 0 Å². The lowest BCUT2D eigenvalue weighted by Gasteiger charge is -2.14. The highest BCUT2D eigenvalue weighted by molar-refractivity contribution is 5.68. The number of anilines is 4. The fourth-order valence-corrected chi connectivity index (χ4v) is 3.01. The summed E-state index contributed by atoms with van der Waals surface area (Å²) in [5.74, 6) is 1.28. The molecular formula is C24H24N6. The van der Waals surface area contributed by atoms with Crippen LogP contribution in [0.3, 0.4) is 0 Å². The molecule has 0 spiro atoms. The molecule has 2 N–H and O–H groups in total. The minimum Gasteiger partial charge on any atom is -0.378 e. The molecule has 0 fully saturated rings. The van der Waals surface area contributed by atoms with E-state index in [-0.39, 0.29) is 0 Å². The summed E-state index contributed by atoms with van der Waals surface area (Å²) in [7, 11) is 4.05. The molecule has 0 saturated carbocycles. The van der Waals surface area contributed by atoms with Gasteiger partial charge in [-0.3, -0.25) is 4.98 Å². The average molecular weight is 396 g/mol. The molecule has 4 rings (SSSR count). The van der Waals surface area contributed by atoms with Crippen LogP contribution in [0.2, 0.25) is 0 Å². The van der Waals surface area contributed by atoms with Crippen LogP contribution in [0.1, 0.15) is 5.69 Å². The summed E-state index contributed by atoms with van der Waals surface area (Å²) >= 11 is 0. The lowest BCUT2D eigenvalue weighted by molar-refractivity contribution is 1.00. The van der Waals surface area contributed by atoms with E-state index in [1.807, 2.05) is 80.8 Å². The van der Waals surface area contributed by atoms with E-state index in [0.29, 0.717) is 12.5 Å². The smallest absolute Gasteiger partial charge is 0.225 e. The highest BCUT2D eigenvalue weighted by Gasteiger charge is 2.08. The lowest BCUT2D eigenvalue weighted by Crippen LogP contribution is -2.08. The predicted octanol–water partition coefficient (Wildman–Crippen LogP) is 4.96. The molecule has 30 heavy (non-hydrogen) atoms. The van der Waals surface area contributed by atoms with Gasteiger partial charge in [0, 0.05) is 43.3 Å². The number of hydrogen-bond donors (Lipinski definition) is 2. The molecule has 0 unspecified atom stereocenters. The van der Waals surface area contributed by atoms with E-state index in [0.717, 1.165) is 34.1 Å². The maximum atomic E-state index is 4.70. The Labute approximate surface area is 176 Å². The van der Waals surface area contributed by atoms with Crippen LogP contribution in [0.5, 0.6) is 0 Å². The van der Waals surface area contributed by atoms with Crippen LogP contribution in [0.15, 0.2) is 85.1 Å². The van der Waals surface area contributed by atoms with Crippen LogP contribution < -0.4 is 15.5 Å². The first-order valence-corrected chi connectivity index (χ1v) is 9.80. The van der Waals surface area contributed by atoms with Gasteiger partial charge < -0.3 is 15.5 Å². The molecule has 2 aromatic carbocycles. The molecule has 0 amide bonds. The van der Waals surface area contributed by atoms with Crippen molar-refractivity contribution < 1.29 is 0 Å². The summed E-state index contributed by atoms with van der Waals surface area (Å²) in [5.41, 5.74) is 4.92. The number of rotatable bonds is 7. The van der Waals surface area contributed by atoms with Crippen LogP contribution in [-0.2, 0) is 6.54 Å². The summed E-state index contributed by atoms with van der Waals surface area (Å²) in [6.45, 7) is 0.552. The number of hydrogen-bond acceptors (Lipinski definition) is 6. The molecule has 0 aliphatic rings. The molecule has 4 aromatic rings. The molecule has 150 valence electrons. The van der Waals surface area contributed by atoms with E-state index in [4.69, 9.17) is 4.98 Å². The van der Waals surface area contributed by atoms with Gasteiger partial charge in [-0.2, -0.15) is 4.98 Å². The molecule has 6 heteroatoms. The van der Waals surface area contributed by atoms with Crippen molar-refractivity contribution in [2.45, 2.75) is 6.54 Å². The zero-order valence-corrected chi connectivity index (χ0v) is 17.1. The fraction of sp³-hybridized carbons (Fsp3) is 0.125. The number of nitrogens with one attached hydrogen (secondary N) is 2. The highest BCUT2D eigenvalue weighted by atomic mass is 15.1. The van der Waals surface area contributed by atoms with Crippen molar-refractivity contribution >= 4 is 23.1 Å². The quantitative estimate of drug-likeness (QED) is 0.460. The largest absolute Gasteiger partial charge is 0.378 e. The third-order valence-electron chi connectivity index (χ3n) is 4.61. The van der Waals surface area contributed by atoms with E-state index < -0.39 is 0 Å². The van der Waals surface area contributed by atoms with E-state index in [9.17, 15) is 0 Å². The molecule has 2 aromatic heterocycles. The van der Waals surface area contributed by atoms with E-state index in [2.05, 4.69) is 37.6 Å². The Bertz CT molecular complexity index is 1080. The third kappa shape index (κ3) is 4.91. The minimum atomic E-state index is 0.550. The van der Waals surface area contributed by atoms with Gasteiger partial charge in [0.05, 0.1) is 17.9 Å². The minimum absolute atomic E-state index is 0.550. The average Bonchev–Trinajstić information content (AvgIpc) is 2.79. The van der Waals surface area contributed by atoms with Gasteiger partial charge in [0.15, 0.2) is 0 Å². The number of pyridine rings is 1. The first kappa shape index (κ1) is 19.4. The Balaban J connectivity index is 1.61. The topological polar surface area (TPSA) is 66.0 Å². The van der Waals surface area contributed by atoms with Crippen molar-refractivity contribution in [2.24, 2.45) is 0 Å². The molecule has 0 radical (unpaired) electrons. The van der Waals surface area contributed by atoms with Crippen molar-refractivity contribution in [3.05, 3.63) is 90.8 Å². The van der Waals surface area contributed by atoms with E-state index >= 15 is 0 Å². The maximum absolute atomic E-state index is 4.70. The van der Waals surface area contributed by atoms with Gasteiger partial charge in [-0.05, 0) is 36.4 Å². The maximum Gasteiger partial charge on any atom is 0.225 e. The monoisotopic (exact) mass is 396 g/mol. The SMILES string of the molecule is CN(C)c1ccc(Nc2cc(-c3ccccc3)nc(NCc3ccccn3)n2)cc1. The molecule has 0 atom stereocenters. The Hall–Kier alpha value is -3.93. The van der Waals surface area contributed by atoms with Crippen molar-refractivity contribution in [3.8, 4) is 11.3 Å². The first-order chi connectivity index (χ1) is 14.7. The van der Waals surface area contributed by atoms with Crippen molar-refractivity contribution in [2.75, 3.05) is 29.6 Å². The summed E-state index contributed by atoms with van der Waals surface area (Å²) < 4.78 is 0. The third-order valence-corrected chi connectivity index (χ3v) is 4.61. The van der Waals surface area contributed by atoms with Gasteiger partial charge in [0.25, 0.3) is 0 Å². The zero-order chi connectivity index (χ0) is 20.8. The fourth-order valence-electron chi connectivity index (χ4n) is 3.01. The van der Waals surface area contributed by atoms with E-state index in [1.165, 1.54) is 0 Å². The van der Waals surface area contributed by atoms with Gasteiger partial charge in [-0.15, -0.1) is 0 Å². The first-order valence-electron chi connectivity index (χ1n) is 9.80. The Morgan fingerprint density at radius 3 is 2.30 bits per heavy atom. The second kappa shape index (κ2) is 9.05. The van der Waals surface area contributed by atoms with Gasteiger partial charge in [-0.25, -0.2) is 4.98 Å². The molecule has 0 aliphatic carbocycles. The summed E-state index contributed by atoms with van der Waals surface area (Å²) in [6, 6.07) is 26.1. The summed E-state index contributed by atoms with van der Waals surface area (Å²) in [6.07, 6.45) is 1.78. The Kier molecular flexibility index (Phi) is 5.85. The van der Waals surface area contributed by atoms with Crippen LogP contribution in [0.4, 0.5) is 23.1 Å². The van der Waals surface area contributed by atoms with Crippen LogP contribution in [0.25, 0.3) is 11.3 Å². The molecule has 6 nitrogen and oxygen atoms in total. The Morgan fingerprint density at radius 2 is 1.60 bits per heavy atom. The standard InChI is InChI=1S/C24H24N6/c1-30(2)21-13-11-19(12-14-21)27-23-16-22(18-8-4-3-5-9-18)28-24(29-23)26-17-20-10-6-7-15-25-20/h3-16H,17H2,1-2H3,(H2,26,27,28,29). The van der Waals surface area contributed by atoms with Crippen molar-refractivity contribution in [1.29, 1.82) is 0 Å². The van der Waals surface area contributed by atoms with Gasteiger partial charge in [-0.1, -0.05) is 36.4 Å². The molecular weight excluding hydrogens is 372 g/mol. The second-order valence-electron chi connectivity index (χ2n) is 7.07. The second-order valence-corrected chi connectivity index (χ2v) is 7.07. The summed E-state index contributed by atoms with van der Waals surface area (Å²) in [4.78, 5) is 15.8. The van der Waals surface area contributed by atoms with E-state index in [1.54, 1.807) is 6.20 Å². The number of benzene rings is 2. The molecule has 2 heterocycles. The van der Waals surface area contributed by atoms with Gasteiger partial charge >= 0.3 is 0 Å². The van der Waals surface area contributed by atoms with Crippen LogP contribution in [-0.4, -0.2) is 29.0 Å². The number of aromatic nitrogens is 3. The molecule has 0 aliphatic heterocycles.